The van der Waals surface area contributed by atoms with Crippen molar-refractivity contribution < 1.29 is 9.53 Å². The molecule has 3 aromatic carbocycles. The number of methoxy groups -OCH3 is 1. The smallest absolute Gasteiger partial charge is 0.266 e. The van der Waals surface area contributed by atoms with Crippen LogP contribution in [0.1, 0.15) is 5.56 Å². The second-order valence-corrected chi connectivity index (χ2v) is 7.56. The predicted molar refractivity (Wildman–Crippen MR) is 120 cm³/mol. The van der Waals surface area contributed by atoms with Gasteiger partial charge in [0, 0.05) is 7.05 Å². The number of thioether (sulfide) groups is 1. The van der Waals surface area contributed by atoms with E-state index in [1.807, 2.05) is 72.8 Å². The van der Waals surface area contributed by atoms with Crippen molar-refractivity contribution in [1.82, 2.24) is 4.90 Å². The summed E-state index contributed by atoms with van der Waals surface area (Å²) in [5, 5.41) is 0.683. The molecule has 0 aromatic heterocycles. The number of aliphatic imine (C=N–C) groups is 1. The van der Waals surface area contributed by atoms with Gasteiger partial charge in [0.1, 0.15) is 5.75 Å². The van der Waals surface area contributed by atoms with E-state index < -0.39 is 0 Å². The van der Waals surface area contributed by atoms with E-state index in [0.717, 1.165) is 28.1 Å². The first-order valence-electron chi connectivity index (χ1n) is 9.20. The van der Waals surface area contributed by atoms with Crippen LogP contribution in [-0.2, 0) is 4.79 Å². The molecule has 3 aromatic rings. The molecule has 1 amide bonds. The van der Waals surface area contributed by atoms with Gasteiger partial charge in [-0.15, -0.1) is 0 Å². The monoisotopic (exact) mass is 400 g/mol. The minimum Gasteiger partial charge on any atom is -0.497 e. The van der Waals surface area contributed by atoms with Crippen molar-refractivity contribution in [2.24, 2.45) is 4.99 Å². The summed E-state index contributed by atoms with van der Waals surface area (Å²) in [6.45, 7) is 0. The number of hydrogen-bond acceptors (Lipinski definition) is 4. The van der Waals surface area contributed by atoms with Crippen molar-refractivity contribution in [2.75, 3.05) is 14.2 Å². The van der Waals surface area contributed by atoms with Crippen LogP contribution < -0.4 is 4.74 Å². The summed E-state index contributed by atoms with van der Waals surface area (Å²) in [6, 6.07) is 25.8. The Morgan fingerprint density at radius 1 is 0.897 bits per heavy atom. The SMILES string of the molecule is COc1ccc(-c2ccc(/C=C3\SC(=Nc4ccccc4)N(C)C3=O)cc2)cc1. The predicted octanol–water partition coefficient (Wildman–Crippen LogP) is 5.60. The number of amides is 1. The fourth-order valence-corrected chi connectivity index (χ4v) is 3.96. The Bertz CT molecular complexity index is 1070. The Morgan fingerprint density at radius 3 is 2.14 bits per heavy atom. The number of likely N-dealkylation sites (N-methyl/N-ethyl adjacent to an activating group) is 1. The molecule has 0 radical (unpaired) electrons. The zero-order valence-corrected chi connectivity index (χ0v) is 17.0. The van der Waals surface area contributed by atoms with Crippen LogP contribution in [0.25, 0.3) is 17.2 Å². The number of carbonyl (C=O) groups is 1. The second-order valence-electron chi connectivity index (χ2n) is 6.56. The van der Waals surface area contributed by atoms with Crippen molar-refractivity contribution in [1.29, 1.82) is 0 Å². The largest absolute Gasteiger partial charge is 0.497 e. The van der Waals surface area contributed by atoms with Crippen LogP contribution in [0, 0.1) is 0 Å². The molecule has 144 valence electrons. The van der Waals surface area contributed by atoms with Crippen LogP contribution in [0.3, 0.4) is 0 Å². The highest BCUT2D eigenvalue weighted by Gasteiger charge is 2.30. The van der Waals surface area contributed by atoms with Gasteiger partial charge < -0.3 is 4.74 Å². The average Bonchev–Trinajstić information content (AvgIpc) is 3.03. The second kappa shape index (κ2) is 8.37. The van der Waals surface area contributed by atoms with Crippen LogP contribution in [-0.4, -0.2) is 30.1 Å². The van der Waals surface area contributed by atoms with Crippen molar-refractivity contribution in [2.45, 2.75) is 0 Å². The van der Waals surface area contributed by atoms with Gasteiger partial charge in [0.25, 0.3) is 5.91 Å². The first-order chi connectivity index (χ1) is 14.1. The Labute approximate surface area is 174 Å². The third-order valence-corrected chi connectivity index (χ3v) is 5.68. The third kappa shape index (κ3) is 4.25. The lowest BCUT2D eigenvalue weighted by molar-refractivity contribution is -0.121. The van der Waals surface area contributed by atoms with Gasteiger partial charge in [-0.05, 0) is 58.8 Å². The normalized spacial score (nSPS) is 16.6. The number of ether oxygens (including phenoxy) is 1. The first-order valence-corrected chi connectivity index (χ1v) is 10.0. The molecule has 1 aliphatic heterocycles. The minimum atomic E-state index is -0.0380. The summed E-state index contributed by atoms with van der Waals surface area (Å²) < 4.78 is 5.21. The lowest BCUT2D eigenvalue weighted by Gasteiger charge is -2.06. The fourth-order valence-electron chi connectivity index (χ4n) is 2.97. The molecule has 0 N–H and O–H groups in total. The highest BCUT2D eigenvalue weighted by Crippen LogP contribution is 2.33. The average molecular weight is 401 g/mol. The van der Waals surface area contributed by atoms with E-state index >= 15 is 0 Å². The molecule has 0 bridgehead atoms. The summed E-state index contributed by atoms with van der Waals surface area (Å²) in [4.78, 5) is 19.4. The van der Waals surface area contributed by atoms with E-state index in [1.54, 1.807) is 19.1 Å². The number of benzene rings is 3. The summed E-state index contributed by atoms with van der Waals surface area (Å²) in [5.74, 6) is 0.799. The molecule has 1 heterocycles. The molecule has 4 rings (SSSR count). The summed E-state index contributed by atoms with van der Waals surface area (Å²) in [5.41, 5.74) is 4.05. The van der Waals surface area contributed by atoms with E-state index in [-0.39, 0.29) is 5.91 Å². The summed E-state index contributed by atoms with van der Waals surface area (Å²) >= 11 is 1.39. The molecule has 29 heavy (non-hydrogen) atoms. The van der Waals surface area contributed by atoms with Gasteiger partial charge >= 0.3 is 0 Å². The number of hydrogen-bond donors (Lipinski definition) is 0. The van der Waals surface area contributed by atoms with E-state index in [0.29, 0.717) is 10.1 Å². The molecule has 0 saturated carbocycles. The molecule has 0 unspecified atom stereocenters. The van der Waals surface area contributed by atoms with Gasteiger partial charge in [0.15, 0.2) is 5.17 Å². The number of rotatable bonds is 4. The van der Waals surface area contributed by atoms with Crippen LogP contribution in [0.2, 0.25) is 0 Å². The number of amidine groups is 1. The van der Waals surface area contributed by atoms with Gasteiger partial charge in [-0.2, -0.15) is 0 Å². The van der Waals surface area contributed by atoms with Gasteiger partial charge in [-0.25, -0.2) is 4.99 Å². The Morgan fingerprint density at radius 2 is 1.52 bits per heavy atom. The summed E-state index contributed by atoms with van der Waals surface area (Å²) in [6.07, 6.45) is 1.91. The van der Waals surface area contributed by atoms with Crippen LogP contribution in [0.5, 0.6) is 5.75 Å². The van der Waals surface area contributed by atoms with Crippen molar-refractivity contribution in [3.05, 3.63) is 89.3 Å². The number of carbonyl (C=O) groups excluding carboxylic acids is 1. The topological polar surface area (TPSA) is 41.9 Å². The molecule has 1 aliphatic rings. The van der Waals surface area contributed by atoms with Crippen LogP contribution in [0.4, 0.5) is 5.69 Å². The quantitative estimate of drug-likeness (QED) is 0.536. The summed E-state index contributed by atoms with van der Waals surface area (Å²) in [7, 11) is 3.41. The molecule has 0 atom stereocenters. The fraction of sp³-hybridized carbons (Fsp3) is 0.0833. The van der Waals surface area contributed by atoms with Crippen LogP contribution >= 0.6 is 11.8 Å². The molecule has 1 saturated heterocycles. The highest BCUT2D eigenvalue weighted by atomic mass is 32.2. The van der Waals surface area contributed by atoms with E-state index in [4.69, 9.17) is 4.74 Å². The van der Waals surface area contributed by atoms with E-state index in [1.165, 1.54) is 11.8 Å². The zero-order chi connectivity index (χ0) is 20.2. The third-order valence-electron chi connectivity index (χ3n) is 4.62. The van der Waals surface area contributed by atoms with Gasteiger partial charge in [0.2, 0.25) is 0 Å². The highest BCUT2D eigenvalue weighted by molar-refractivity contribution is 8.18. The van der Waals surface area contributed by atoms with Crippen molar-refractivity contribution in [3.63, 3.8) is 0 Å². The first kappa shape index (κ1) is 19.0. The number of para-hydroxylation sites is 1. The zero-order valence-electron chi connectivity index (χ0n) is 16.2. The number of nitrogens with zero attached hydrogens (tertiary/aromatic N) is 2. The van der Waals surface area contributed by atoms with E-state index in [2.05, 4.69) is 17.1 Å². The maximum absolute atomic E-state index is 12.6. The van der Waals surface area contributed by atoms with Crippen molar-refractivity contribution in [3.8, 4) is 16.9 Å². The molecular formula is C24H20N2O2S. The molecular weight excluding hydrogens is 380 g/mol. The molecule has 0 spiro atoms. The minimum absolute atomic E-state index is 0.0380. The molecule has 5 heteroatoms. The Hall–Kier alpha value is -3.31. The Kier molecular flexibility index (Phi) is 5.49. The maximum atomic E-state index is 12.6. The van der Waals surface area contributed by atoms with E-state index in [9.17, 15) is 4.79 Å². The maximum Gasteiger partial charge on any atom is 0.266 e. The van der Waals surface area contributed by atoms with Crippen LogP contribution in [0.15, 0.2) is 88.8 Å². The standard InChI is InChI=1S/C24H20N2O2S/c1-26-23(27)22(29-24(26)25-20-6-4-3-5-7-20)16-17-8-10-18(11-9-17)19-12-14-21(28-2)15-13-19/h3-16H,1-2H3/b22-16-,25-24?. The van der Waals surface area contributed by atoms with Gasteiger partial charge in [-0.1, -0.05) is 54.6 Å². The van der Waals surface area contributed by atoms with Crippen molar-refractivity contribution >= 4 is 34.6 Å². The molecule has 4 nitrogen and oxygen atoms in total. The van der Waals surface area contributed by atoms with Gasteiger partial charge in [0.05, 0.1) is 17.7 Å². The lowest BCUT2D eigenvalue weighted by Crippen LogP contribution is -2.23. The molecule has 1 fully saturated rings. The Balaban J connectivity index is 1.54. The lowest BCUT2D eigenvalue weighted by atomic mass is 10.0. The molecule has 0 aliphatic carbocycles. The van der Waals surface area contributed by atoms with Gasteiger partial charge in [-0.3, -0.25) is 9.69 Å².